The van der Waals surface area contributed by atoms with Gasteiger partial charge in [0.2, 0.25) is 6.29 Å². The minimum Gasteiger partial charge on any atom is -0.465 e. The van der Waals surface area contributed by atoms with Gasteiger partial charge in [0.05, 0.1) is 19.3 Å². The molecule has 0 aliphatic heterocycles. The summed E-state index contributed by atoms with van der Waals surface area (Å²) in [5.74, 6) is -1.09. The van der Waals surface area contributed by atoms with Gasteiger partial charge in [0.1, 0.15) is 0 Å². The number of carbonyl (C=O) groups is 3. The van der Waals surface area contributed by atoms with Crippen LogP contribution in [0.1, 0.15) is 17.3 Å². The number of rotatable bonds is 3. The Morgan fingerprint density at radius 1 is 1.24 bits per heavy atom. The topological polar surface area (TPSA) is 69.7 Å². The predicted octanol–water partition coefficient (Wildman–Crippen LogP) is 1.22. The van der Waals surface area contributed by atoms with Crippen molar-refractivity contribution < 1.29 is 23.9 Å². The normalized spacial score (nSPS) is 8.35. The largest absolute Gasteiger partial charge is 0.465 e. The lowest BCUT2D eigenvalue weighted by molar-refractivity contribution is -0.148. The Morgan fingerprint density at radius 3 is 2.18 bits per heavy atom. The van der Waals surface area contributed by atoms with Crippen molar-refractivity contribution in [3.63, 3.8) is 0 Å². The van der Waals surface area contributed by atoms with Gasteiger partial charge in [-0.15, -0.1) is 0 Å². The standard InChI is InChI=1S/C8H8O2.C4H6O3/c1-10-8(9)7-5-3-2-4-6-7;1-2-7-4(6)3-5/h2-6H,1H3;3H,2H2,1H3. The third-order valence-corrected chi connectivity index (χ3v) is 1.58. The SMILES string of the molecule is CCOC(=O)C=O.COC(=O)c1ccccc1. The van der Waals surface area contributed by atoms with Gasteiger partial charge in [-0.2, -0.15) is 0 Å². The van der Waals surface area contributed by atoms with Crippen molar-refractivity contribution in [1.82, 2.24) is 0 Å². The summed E-state index contributed by atoms with van der Waals surface area (Å²) in [7, 11) is 1.37. The molecule has 0 aliphatic carbocycles. The molecule has 5 heteroatoms. The fourth-order valence-corrected chi connectivity index (χ4v) is 0.868. The van der Waals surface area contributed by atoms with Crippen molar-refractivity contribution in [1.29, 1.82) is 0 Å². The van der Waals surface area contributed by atoms with Crippen LogP contribution in [-0.2, 0) is 19.1 Å². The Kier molecular flexibility index (Phi) is 7.93. The van der Waals surface area contributed by atoms with Crippen molar-refractivity contribution in [3.05, 3.63) is 35.9 Å². The average Bonchev–Trinajstić information content (AvgIpc) is 2.39. The molecule has 1 rings (SSSR count). The summed E-state index contributed by atoms with van der Waals surface area (Å²) in [6.45, 7) is 1.90. The maximum absolute atomic E-state index is 10.8. The molecule has 0 heterocycles. The van der Waals surface area contributed by atoms with E-state index in [1.54, 1.807) is 31.2 Å². The van der Waals surface area contributed by atoms with E-state index in [0.717, 1.165) is 0 Å². The number of benzene rings is 1. The summed E-state index contributed by atoms with van der Waals surface area (Å²) in [5.41, 5.74) is 0.588. The minimum atomic E-state index is -0.803. The molecule has 0 amide bonds. The van der Waals surface area contributed by atoms with Crippen molar-refractivity contribution in [2.45, 2.75) is 6.92 Å². The second-order valence-corrected chi connectivity index (χ2v) is 2.73. The van der Waals surface area contributed by atoms with Crippen LogP contribution in [0, 0.1) is 0 Å². The van der Waals surface area contributed by atoms with Gasteiger partial charge in [0.25, 0.3) is 0 Å². The van der Waals surface area contributed by atoms with Crippen LogP contribution in [0.4, 0.5) is 0 Å². The van der Waals surface area contributed by atoms with E-state index in [4.69, 9.17) is 0 Å². The zero-order chi connectivity index (χ0) is 13.1. The second kappa shape index (κ2) is 9.08. The van der Waals surface area contributed by atoms with Crippen molar-refractivity contribution >= 4 is 18.2 Å². The molecule has 1 aromatic rings. The molecule has 0 N–H and O–H groups in total. The molecule has 0 saturated heterocycles. The summed E-state index contributed by atoms with van der Waals surface area (Å²) < 4.78 is 8.68. The molecule has 0 bridgehead atoms. The Balaban J connectivity index is 0.000000325. The van der Waals surface area contributed by atoms with Crippen LogP contribution in [0.2, 0.25) is 0 Å². The van der Waals surface area contributed by atoms with E-state index in [0.29, 0.717) is 5.56 Å². The highest BCUT2D eigenvalue weighted by molar-refractivity contribution is 6.20. The first kappa shape index (κ1) is 14.8. The number of hydrogen-bond acceptors (Lipinski definition) is 5. The summed E-state index contributed by atoms with van der Waals surface area (Å²) in [6, 6.07) is 8.88. The van der Waals surface area contributed by atoms with E-state index in [9.17, 15) is 14.4 Å². The Hall–Kier alpha value is -2.17. The molecular weight excluding hydrogens is 224 g/mol. The molecule has 0 aromatic heterocycles. The molecule has 1 aromatic carbocycles. The van der Waals surface area contributed by atoms with E-state index >= 15 is 0 Å². The van der Waals surface area contributed by atoms with Gasteiger partial charge in [0.15, 0.2) is 0 Å². The van der Waals surface area contributed by atoms with Gasteiger partial charge in [-0.25, -0.2) is 9.59 Å². The molecule has 0 atom stereocenters. The summed E-state index contributed by atoms with van der Waals surface area (Å²) in [4.78, 5) is 30.0. The molecular formula is C12H14O5. The second-order valence-electron chi connectivity index (χ2n) is 2.73. The average molecular weight is 238 g/mol. The van der Waals surface area contributed by atoms with Crippen LogP contribution in [0.15, 0.2) is 30.3 Å². The molecule has 0 spiro atoms. The lowest BCUT2D eigenvalue weighted by Crippen LogP contribution is -2.03. The van der Waals surface area contributed by atoms with Gasteiger partial charge in [-0.05, 0) is 19.1 Å². The van der Waals surface area contributed by atoms with Gasteiger partial charge < -0.3 is 9.47 Å². The van der Waals surface area contributed by atoms with Crippen LogP contribution in [0.3, 0.4) is 0 Å². The lowest BCUT2D eigenvalue weighted by atomic mass is 10.2. The molecule has 0 saturated carbocycles. The van der Waals surface area contributed by atoms with E-state index < -0.39 is 5.97 Å². The van der Waals surface area contributed by atoms with E-state index in [2.05, 4.69) is 9.47 Å². The van der Waals surface area contributed by atoms with Gasteiger partial charge in [0, 0.05) is 0 Å². The maximum atomic E-state index is 10.8. The molecule has 0 aliphatic rings. The highest BCUT2D eigenvalue weighted by atomic mass is 16.5. The third kappa shape index (κ3) is 6.83. The van der Waals surface area contributed by atoms with E-state index in [1.165, 1.54) is 7.11 Å². The molecule has 0 fully saturated rings. The van der Waals surface area contributed by atoms with Crippen molar-refractivity contribution in [3.8, 4) is 0 Å². The first-order valence-electron chi connectivity index (χ1n) is 4.91. The fourth-order valence-electron chi connectivity index (χ4n) is 0.868. The highest BCUT2D eigenvalue weighted by Crippen LogP contribution is 1.98. The minimum absolute atomic E-state index is 0.142. The smallest absolute Gasteiger partial charge is 0.371 e. The monoisotopic (exact) mass is 238 g/mol. The van der Waals surface area contributed by atoms with E-state index in [-0.39, 0.29) is 18.9 Å². The van der Waals surface area contributed by atoms with E-state index in [1.807, 2.05) is 6.07 Å². The van der Waals surface area contributed by atoms with Gasteiger partial charge in [-0.1, -0.05) is 18.2 Å². The first-order valence-corrected chi connectivity index (χ1v) is 4.91. The molecule has 17 heavy (non-hydrogen) atoms. The predicted molar refractivity (Wildman–Crippen MR) is 60.5 cm³/mol. The zero-order valence-corrected chi connectivity index (χ0v) is 9.71. The van der Waals surface area contributed by atoms with Crippen LogP contribution >= 0.6 is 0 Å². The molecule has 5 nitrogen and oxygen atoms in total. The summed E-state index contributed by atoms with van der Waals surface area (Å²) in [6.07, 6.45) is 0.142. The number of aldehydes is 1. The Morgan fingerprint density at radius 2 is 1.82 bits per heavy atom. The number of esters is 2. The van der Waals surface area contributed by atoms with Crippen LogP contribution in [0.5, 0.6) is 0 Å². The van der Waals surface area contributed by atoms with Crippen LogP contribution in [-0.4, -0.2) is 31.9 Å². The summed E-state index contributed by atoms with van der Waals surface area (Å²) >= 11 is 0. The lowest BCUT2D eigenvalue weighted by Gasteiger charge is -1.95. The Bertz CT molecular complexity index is 358. The van der Waals surface area contributed by atoms with Crippen LogP contribution < -0.4 is 0 Å². The summed E-state index contributed by atoms with van der Waals surface area (Å²) in [5, 5.41) is 0. The van der Waals surface area contributed by atoms with Gasteiger partial charge in [-0.3, -0.25) is 4.79 Å². The third-order valence-electron chi connectivity index (χ3n) is 1.58. The van der Waals surface area contributed by atoms with Crippen molar-refractivity contribution in [2.24, 2.45) is 0 Å². The number of methoxy groups -OCH3 is 1. The number of hydrogen-bond donors (Lipinski definition) is 0. The first-order chi connectivity index (χ1) is 8.15. The maximum Gasteiger partial charge on any atom is 0.371 e. The zero-order valence-electron chi connectivity index (χ0n) is 9.71. The van der Waals surface area contributed by atoms with Crippen LogP contribution in [0.25, 0.3) is 0 Å². The molecule has 0 unspecified atom stereocenters. The highest BCUT2D eigenvalue weighted by Gasteiger charge is 2.00. The quantitative estimate of drug-likeness (QED) is 0.450. The number of ether oxygens (including phenoxy) is 2. The molecule has 92 valence electrons. The van der Waals surface area contributed by atoms with Gasteiger partial charge >= 0.3 is 11.9 Å². The Labute approximate surface area is 99.3 Å². The van der Waals surface area contributed by atoms with Crippen molar-refractivity contribution in [2.75, 3.05) is 13.7 Å². The fraction of sp³-hybridized carbons (Fsp3) is 0.250. The number of carbonyl (C=O) groups excluding carboxylic acids is 3. The molecule has 0 radical (unpaired) electrons.